The molecule has 10 heavy (non-hydrogen) atoms. The lowest BCUT2D eigenvalue weighted by atomic mass is 10.7. The Balaban J connectivity index is 4.40. The number of hydrogen-bond donors (Lipinski definition) is 0. The Bertz CT molecular complexity index is 113. The van der Waals surface area contributed by atoms with Crippen molar-refractivity contribution in [3.8, 4) is 0 Å². The molecule has 0 aliphatic rings. The van der Waals surface area contributed by atoms with E-state index in [-0.39, 0.29) is 0 Å². The molecular formula is C2HF7P+. The van der Waals surface area contributed by atoms with Crippen molar-refractivity contribution in [2.24, 2.45) is 0 Å². The molecule has 0 rings (SSSR count). The number of rotatable bonds is 1. The van der Waals surface area contributed by atoms with Gasteiger partial charge >= 0.3 is 20.4 Å². The van der Waals surface area contributed by atoms with Crippen LogP contribution in [-0.4, -0.2) is 11.8 Å². The van der Waals surface area contributed by atoms with E-state index in [1.165, 1.54) is 0 Å². The lowest BCUT2D eigenvalue weighted by Gasteiger charge is -2.10. The standard InChI is InChI=1S/C2F7P/c3-1(4,5)2(6,7)10(8)9/p+1. The first kappa shape index (κ1) is 9.94. The van der Waals surface area contributed by atoms with Gasteiger partial charge in [-0.3, -0.25) is 0 Å². The third-order valence-corrected chi connectivity index (χ3v) is 1.35. The highest BCUT2D eigenvalue weighted by Gasteiger charge is 2.72. The maximum Gasteiger partial charge on any atom is 0.513 e. The summed E-state index contributed by atoms with van der Waals surface area (Å²) in [7, 11) is -5.63. The summed E-state index contributed by atoms with van der Waals surface area (Å²) in [5, 5.41) is 0. The molecule has 0 aromatic rings. The molecule has 0 unspecified atom stereocenters. The van der Waals surface area contributed by atoms with E-state index < -0.39 is 20.4 Å². The van der Waals surface area contributed by atoms with E-state index in [9.17, 15) is 30.3 Å². The zero-order valence-corrected chi connectivity index (χ0v) is 5.15. The molecular weight excluding hydrogens is 188 g/mol. The monoisotopic (exact) mass is 189 g/mol. The molecule has 0 aliphatic carbocycles. The Kier molecular flexibility index (Phi) is 2.51. The first-order chi connectivity index (χ1) is 4.19. The van der Waals surface area contributed by atoms with Gasteiger partial charge in [0.05, 0.1) is 0 Å². The van der Waals surface area contributed by atoms with Crippen molar-refractivity contribution in [3.63, 3.8) is 0 Å². The van der Waals surface area contributed by atoms with Gasteiger partial charge in [0.2, 0.25) is 0 Å². The van der Waals surface area contributed by atoms with Gasteiger partial charge in [0, 0.05) is 0 Å². The van der Waals surface area contributed by atoms with Gasteiger partial charge in [-0.15, -0.1) is 0 Å². The van der Waals surface area contributed by atoms with Crippen molar-refractivity contribution in [2.45, 2.75) is 11.8 Å². The first-order valence-electron chi connectivity index (χ1n) is 1.82. The molecule has 0 nitrogen and oxygen atoms in total. The van der Waals surface area contributed by atoms with Gasteiger partial charge in [0.15, 0.2) is 0 Å². The summed E-state index contributed by atoms with van der Waals surface area (Å²) in [4.78, 5) is 0. The van der Waals surface area contributed by atoms with Crippen molar-refractivity contribution >= 4 is 8.54 Å². The fourth-order valence-electron chi connectivity index (χ4n) is 0.107. The molecule has 0 saturated heterocycles. The fourth-order valence-corrected chi connectivity index (χ4v) is 0.321. The maximum absolute atomic E-state index is 11.2. The summed E-state index contributed by atoms with van der Waals surface area (Å²) in [6, 6.07) is 0. The SMILES string of the molecule is F[PH+](F)C(F)(F)C(F)(F)F. The van der Waals surface area contributed by atoms with Crippen molar-refractivity contribution in [2.75, 3.05) is 0 Å². The molecule has 0 heterocycles. The molecule has 0 radical (unpaired) electrons. The van der Waals surface area contributed by atoms with Crippen LogP contribution in [0.2, 0.25) is 0 Å². The highest BCUT2D eigenvalue weighted by atomic mass is 31.2. The molecule has 0 aromatic carbocycles. The quantitative estimate of drug-likeness (QED) is 0.439. The van der Waals surface area contributed by atoms with E-state index in [1.54, 1.807) is 0 Å². The molecule has 0 amide bonds. The smallest absolute Gasteiger partial charge is 0.161 e. The molecule has 0 fully saturated rings. The first-order valence-corrected chi connectivity index (χ1v) is 3.08. The second kappa shape index (κ2) is 2.53. The number of halogens is 7. The van der Waals surface area contributed by atoms with Crippen LogP contribution in [0.1, 0.15) is 0 Å². The second-order valence-electron chi connectivity index (χ2n) is 1.33. The molecule has 62 valence electrons. The predicted molar refractivity (Wildman–Crippen MR) is 21.5 cm³/mol. The zero-order valence-electron chi connectivity index (χ0n) is 4.15. The Morgan fingerprint density at radius 2 is 1.10 bits per heavy atom. The molecule has 0 atom stereocenters. The summed E-state index contributed by atoms with van der Waals surface area (Å²) in [5.74, 6) is 0. The van der Waals surface area contributed by atoms with Crippen LogP contribution in [0.3, 0.4) is 0 Å². The molecule has 0 N–H and O–H groups in total. The van der Waals surface area contributed by atoms with E-state index in [0.29, 0.717) is 0 Å². The largest absolute Gasteiger partial charge is 0.513 e. The van der Waals surface area contributed by atoms with Crippen molar-refractivity contribution in [1.29, 1.82) is 0 Å². The Morgan fingerprint density at radius 3 is 1.10 bits per heavy atom. The van der Waals surface area contributed by atoms with Crippen LogP contribution in [0.25, 0.3) is 0 Å². The van der Waals surface area contributed by atoms with Crippen molar-refractivity contribution in [3.05, 3.63) is 0 Å². The average Bonchev–Trinajstić information content (AvgIpc) is 1.62. The molecule has 0 aliphatic heterocycles. The van der Waals surface area contributed by atoms with Crippen LogP contribution >= 0.6 is 8.54 Å². The second-order valence-corrected chi connectivity index (χ2v) is 2.48. The van der Waals surface area contributed by atoms with Gasteiger partial charge in [0.1, 0.15) is 0 Å². The predicted octanol–water partition coefficient (Wildman–Crippen LogP) is 3.12. The molecule has 0 saturated carbocycles. The summed E-state index contributed by atoms with van der Waals surface area (Å²) in [6.45, 7) is 0. The minimum Gasteiger partial charge on any atom is -0.161 e. The topological polar surface area (TPSA) is 0 Å². The Hall–Kier alpha value is -0.0600. The van der Waals surface area contributed by atoms with Crippen LogP contribution in [0.4, 0.5) is 30.3 Å². The van der Waals surface area contributed by atoms with E-state index in [4.69, 9.17) is 0 Å². The zero-order chi connectivity index (χ0) is 8.58. The Morgan fingerprint density at radius 1 is 0.800 bits per heavy atom. The molecule has 0 aromatic heterocycles. The van der Waals surface area contributed by atoms with E-state index >= 15 is 0 Å². The normalized spacial score (nSPS) is 14.4. The minimum absolute atomic E-state index is 5.63. The van der Waals surface area contributed by atoms with Gasteiger partial charge in [-0.1, -0.05) is 0 Å². The van der Waals surface area contributed by atoms with E-state index in [0.717, 1.165) is 0 Å². The summed E-state index contributed by atoms with van der Waals surface area (Å²) in [6.07, 6.45) is -6.12. The Labute approximate surface area is 52.0 Å². The molecule has 8 heteroatoms. The third kappa shape index (κ3) is 1.71. The minimum atomic E-state index is -6.12. The van der Waals surface area contributed by atoms with Gasteiger partial charge < -0.3 is 0 Å². The lowest BCUT2D eigenvalue weighted by molar-refractivity contribution is -0.243. The third-order valence-electron chi connectivity index (χ3n) is 0.593. The van der Waals surface area contributed by atoms with E-state index in [2.05, 4.69) is 0 Å². The van der Waals surface area contributed by atoms with Crippen LogP contribution in [-0.2, 0) is 0 Å². The van der Waals surface area contributed by atoms with Gasteiger partial charge in [0.25, 0.3) is 0 Å². The van der Waals surface area contributed by atoms with Gasteiger partial charge in [-0.25, -0.2) is 0 Å². The number of hydrogen-bond acceptors (Lipinski definition) is 0. The van der Waals surface area contributed by atoms with Gasteiger partial charge in [-0.2, -0.15) is 22.0 Å². The van der Waals surface area contributed by atoms with Crippen LogP contribution in [0.15, 0.2) is 0 Å². The van der Waals surface area contributed by atoms with Crippen LogP contribution in [0, 0.1) is 0 Å². The maximum atomic E-state index is 11.2. The highest BCUT2D eigenvalue weighted by molar-refractivity contribution is 7.47. The van der Waals surface area contributed by atoms with Gasteiger partial charge in [-0.05, 0) is 8.39 Å². The van der Waals surface area contributed by atoms with Crippen LogP contribution in [0.5, 0.6) is 0 Å². The van der Waals surface area contributed by atoms with E-state index in [1.807, 2.05) is 0 Å². The summed E-state index contributed by atoms with van der Waals surface area (Å²) in [5.41, 5.74) is -5.79. The van der Waals surface area contributed by atoms with Crippen molar-refractivity contribution < 1.29 is 30.3 Å². The van der Waals surface area contributed by atoms with Crippen molar-refractivity contribution in [1.82, 2.24) is 0 Å². The molecule has 0 spiro atoms. The summed E-state index contributed by atoms with van der Waals surface area (Å²) < 4.78 is 77.0. The molecule has 0 bridgehead atoms. The number of alkyl halides is 5. The average molecular weight is 189 g/mol. The lowest BCUT2D eigenvalue weighted by Crippen LogP contribution is -2.32. The summed E-state index contributed by atoms with van der Waals surface area (Å²) >= 11 is 0. The highest BCUT2D eigenvalue weighted by Crippen LogP contribution is 2.61. The van der Waals surface area contributed by atoms with Crippen LogP contribution < -0.4 is 0 Å². The fraction of sp³-hybridized carbons (Fsp3) is 1.00.